The van der Waals surface area contributed by atoms with Gasteiger partial charge in [-0.15, -0.1) is 0 Å². The van der Waals surface area contributed by atoms with Crippen LogP contribution < -0.4 is 10.7 Å². The van der Waals surface area contributed by atoms with Crippen LogP contribution in [0.1, 0.15) is 49.0 Å². The van der Waals surface area contributed by atoms with Gasteiger partial charge in [0.05, 0.1) is 6.42 Å². The number of anilines is 1. The van der Waals surface area contributed by atoms with Gasteiger partial charge in [-0.3, -0.25) is 9.59 Å². The van der Waals surface area contributed by atoms with Crippen LogP contribution in [-0.2, 0) is 4.79 Å². The van der Waals surface area contributed by atoms with E-state index in [2.05, 4.69) is 29.7 Å². The Morgan fingerprint density at radius 1 is 1.08 bits per heavy atom. The summed E-state index contributed by atoms with van der Waals surface area (Å²) in [5.74, 6) is -0.805. The molecular weight excluding hydrogens is 333 g/mol. The fraction of sp³-hybridized carbons (Fsp3) is 0.250. The van der Waals surface area contributed by atoms with Crippen molar-refractivity contribution in [2.24, 2.45) is 5.10 Å². The third-order valence-electron chi connectivity index (χ3n) is 3.73. The van der Waals surface area contributed by atoms with Crippen molar-refractivity contribution in [3.05, 3.63) is 65.5 Å². The van der Waals surface area contributed by atoms with E-state index in [0.717, 1.165) is 11.3 Å². The Kier molecular flexibility index (Phi) is 6.60. The number of hydrazone groups is 1. The summed E-state index contributed by atoms with van der Waals surface area (Å²) in [5, 5.41) is 6.80. The van der Waals surface area contributed by atoms with Crippen LogP contribution in [0.2, 0.25) is 0 Å². The molecule has 0 radical (unpaired) electrons. The number of carbonyl (C=O) groups is 2. The van der Waals surface area contributed by atoms with Crippen molar-refractivity contribution in [2.45, 2.75) is 33.1 Å². The minimum absolute atomic E-state index is 0.0517. The zero-order chi connectivity index (χ0) is 19.1. The lowest BCUT2D eigenvalue weighted by molar-refractivity contribution is -0.115. The largest absolute Gasteiger partial charge is 0.325 e. The van der Waals surface area contributed by atoms with Crippen LogP contribution in [0.15, 0.2) is 53.6 Å². The third-order valence-corrected chi connectivity index (χ3v) is 3.73. The fourth-order valence-electron chi connectivity index (χ4n) is 2.39. The molecule has 0 saturated carbocycles. The van der Waals surface area contributed by atoms with E-state index in [1.165, 1.54) is 24.3 Å². The van der Waals surface area contributed by atoms with Crippen LogP contribution in [0.25, 0.3) is 0 Å². The lowest BCUT2D eigenvalue weighted by Crippen LogP contribution is -2.21. The number of hydrogen-bond acceptors (Lipinski definition) is 3. The van der Waals surface area contributed by atoms with Crippen LogP contribution in [-0.4, -0.2) is 17.5 Å². The maximum Gasteiger partial charge on any atom is 0.271 e. The highest BCUT2D eigenvalue weighted by molar-refractivity contribution is 6.06. The first-order chi connectivity index (χ1) is 12.4. The zero-order valence-corrected chi connectivity index (χ0v) is 15.0. The number of benzene rings is 2. The Labute approximate surface area is 152 Å². The number of halogens is 1. The number of carbonyl (C=O) groups excluding carboxylic acids is 2. The average molecular weight is 355 g/mol. The van der Waals surface area contributed by atoms with E-state index in [0.29, 0.717) is 11.3 Å². The normalized spacial score (nSPS) is 11.3. The Morgan fingerprint density at radius 3 is 2.38 bits per heavy atom. The van der Waals surface area contributed by atoms with Gasteiger partial charge in [0.25, 0.3) is 5.91 Å². The van der Waals surface area contributed by atoms with E-state index in [4.69, 9.17) is 0 Å². The molecule has 2 rings (SSSR count). The molecule has 26 heavy (non-hydrogen) atoms. The van der Waals surface area contributed by atoms with Crippen LogP contribution >= 0.6 is 0 Å². The highest BCUT2D eigenvalue weighted by Gasteiger charge is 2.10. The molecule has 0 fully saturated rings. The molecule has 0 saturated heterocycles. The summed E-state index contributed by atoms with van der Waals surface area (Å²) in [7, 11) is 0. The Bertz CT molecular complexity index is 814. The predicted octanol–water partition coefficient (Wildman–Crippen LogP) is 4.08. The van der Waals surface area contributed by atoms with Crippen LogP contribution in [0.3, 0.4) is 0 Å². The van der Waals surface area contributed by atoms with Gasteiger partial charge in [-0.1, -0.05) is 32.0 Å². The molecule has 0 aliphatic rings. The van der Waals surface area contributed by atoms with Gasteiger partial charge in [0.2, 0.25) is 5.91 Å². The molecule has 5 nitrogen and oxygen atoms in total. The maximum absolute atomic E-state index is 12.9. The molecule has 136 valence electrons. The van der Waals surface area contributed by atoms with Gasteiger partial charge in [-0.2, -0.15) is 5.10 Å². The molecule has 0 aliphatic heterocycles. The second-order valence-corrected chi connectivity index (χ2v) is 6.26. The molecule has 2 aromatic carbocycles. The van der Waals surface area contributed by atoms with Crippen molar-refractivity contribution >= 4 is 23.2 Å². The summed E-state index contributed by atoms with van der Waals surface area (Å²) in [5.41, 5.74) is 4.94. The lowest BCUT2D eigenvalue weighted by atomic mass is 10.0. The SMILES string of the molecule is CC(CC(=O)Nc1ccccc1C(C)C)=NNC(=O)c1ccc(F)cc1. The molecule has 0 atom stereocenters. The molecule has 2 aromatic rings. The van der Waals surface area contributed by atoms with E-state index in [1.807, 2.05) is 24.3 Å². The number of nitrogens with one attached hydrogen (secondary N) is 2. The molecule has 0 bridgehead atoms. The van der Waals surface area contributed by atoms with Crippen LogP contribution in [0.4, 0.5) is 10.1 Å². The first-order valence-corrected chi connectivity index (χ1v) is 8.34. The Morgan fingerprint density at radius 2 is 1.73 bits per heavy atom. The summed E-state index contributed by atoms with van der Waals surface area (Å²) >= 11 is 0. The molecule has 6 heteroatoms. The van der Waals surface area contributed by atoms with Crippen molar-refractivity contribution in [3.63, 3.8) is 0 Å². The molecule has 0 aromatic heterocycles. The van der Waals surface area contributed by atoms with E-state index in [9.17, 15) is 14.0 Å². The minimum atomic E-state index is -0.463. The van der Waals surface area contributed by atoms with E-state index in [-0.39, 0.29) is 18.2 Å². The van der Waals surface area contributed by atoms with E-state index < -0.39 is 11.7 Å². The standard InChI is InChI=1S/C20H22FN3O2/c1-13(2)17-6-4-5-7-18(17)22-19(25)12-14(3)23-24-20(26)15-8-10-16(21)11-9-15/h4-11,13H,12H2,1-3H3,(H,22,25)(H,24,26). The quantitative estimate of drug-likeness (QED) is 0.605. The second-order valence-electron chi connectivity index (χ2n) is 6.26. The summed E-state index contributed by atoms with van der Waals surface area (Å²) in [6, 6.07) is 12.8. The van der Waals surface area contributed by atoms with Gasteiger partial charge in [-0.05, 0) is 48.7 Å². The first-order valence-electron chi connectivity index (χ1n) is 8.34. The van der Waals surface area contributed by atoms with Crippen molar-refractivity contribution < 1.29 is 14.0 Å². The molecule has 0 heterocycles. The topological polar surface area (TPSA) is 70.6 Å². The Balaban J connectivity index is 1.93. The monoisotopic (exact) mass is 355 g/mol. The maximum atomic E-state index is 12.9. The van der Waals surface area contributed by atoms with Gasteiger partial charge in [0, 0.05) is 17.0 Å². The summed E-state index contributed by atoms with van der Waals surface area (Å²) < 4.78 is 12.9. The summed E-state index contributed by atoms with van der Waals surface area (Å²) in [6.07, 6.45) is 0.0517. The highest BCUT2D eigenvalue weighted by atomic mass is 19.1. The highest BCUT2D eigenvalue weighted by Crippen LogP contribution is 2.23. The summed E-state index contributed by atoms with van der Waals surface area (Å²) in [6.45, 7) is 5.77. The molecule has 2 N–H and O–H groups in total. The van der Waals surface area contributed by atoms with Crippen LogP contribution in [0.5, 0.6) is 0 Å². The average Bonchev–Trinajstić information content (AvgIpc) is 2.60. The first kappa shape index (κ1) is 19.3. The smallest absolute Gasteiger partial charge is 0.271 e. The van der Waals surface area contributed by atoms with Crippen molar-refractivity contribution in [1.29, 1.82) is 0 Å². The molecule has 0 spiro atoms. The Hall–Kier alpha value is -3.02. The zero-order valence-electron chi connectivity index (χ0n) is 15.0. The van der Waals surface area contributed by atoms with Gasteiger partial charge < -0.3 is 5.32 Å². The van der Waals surface area contributed by atoms with Gasteiger partial charge in [0.1, 0.15) is 5.82 Å². The number of rotatable bonds is 6. The van der Waals surface area contributed by atoms with Gasteiger partial charge in [0.15, 0.2) is 0 Å². The predicted molar refractivity (Wildman–Crippen MR) is 101 cm³/mol. The van der Waals surface area contributed by atoms with Crippen molar-refractivity contribution in [1.82, 2.24) is 5.43 Å². The van der Waals surface area contributed by atoms with Gasteiger partial charge in [-0.25, -0.2) is 9.82 Å². The van der Waals surface area contributed by atoms with E-state index >= 15 is 0 Å². The number of nitrogens with zero attached hydrogens (tertiary/aromatic N) is 1. The van der Waals surface area contributed by atoms with Crippen molar-refractivity contribution in [2.75, 3.05) is 5.32 Å². The molecule has 2 amide bonds. The lowest BCUT2D eigenvalue weighted by Gasteiger charge is -2.13. The molecule has 0 unspecified atom stereocenters. The van der Waals surface area contributed by atoms with Gasteiger partial charge >= 0.3 is 0 Å². The minimum Gasteiger partial charge on any atom is -0.325 e. The molecule has 0 aliphatic carbocycles. The number of para-hydroxylation sites is 1. The van der Waals surface area contributed by atoms with Crippen molar-refractivity contribution in [3.8, 4) is 0 Å². The third kappa shape index (κ3) is 5.51. The number of hydrogen-bond donors (Lipinski definition) is 2. The summed E-state index contributed by atoms with van der Waals surface area (Å²) in [4.78, 5) is 24.1. The second kappa shape index (κ2) is 8.89. The molecular formula is C20H22FN3O2. The van der Waals surface area contributed by atoms with E-state index in [1.54, 1.807) is 6.92 Å². The van der Waals surface area contributed by atoms with Crippen LogP contribution in [0, 0.1) is 5.82 Å². The fourth-order valence-corrected chi connectivity index (χ4v) is 2.39. The number of amides is 2.